The highest BCUT2D eigenvalue weighted by Crippen LogP contribution is 2.39. The zero-order valence-corrected chi connectivity index (χ0v) is 9.57. The third-order valence-electron chi connectivity index (χ3n) is 2.68. The van der Waals surface area contributed by atoms with Crippen molar-refractivity contribution < 1.29 is 13.2 Å². The maximum atomic E-state index is 12.9. The summed E-state index contributed by atoms with van der Waals surface area (Å²) in [4.78, 5) is 1.39. The van der Waals surface area contributed by atoms with E-state index in [1.54, 1.807) is 0 Å². The molecule has 1 saturated heterocycles. The van der Waals surface area contributed by atoms with Gasteiger partial charge in [-0.25, -0.2) is 0 Å². The minimum atomic E-state index is -4.46. The number of rotatable bonds is 1. The molecule has 17 heavy (non-hydrogen) atoms. The summed E-state index contributed by atoms with van der Waals surface area (Å²) in [7, 11) is 0. The van der Waals surface area contributed by atoms with Crippen molar-refractivity contribution in [2.75, 3.05) is 11.4 Å². The second-order valence-electron chi connectivity index (χ2n) is 3.86. The van der Waals surface area contributed by atoms with E-state index < -0.39 is 11.7 Å². The molecule has 92 valence electrons. The Bertz CT molecular complexity index is 457. The summed E-state index contributed by atoms with van der Waals surface area (Å²) < 4.78 is 38.6. The average Bonchev–Trinajstić information content (AvgIpc) is 2.63. The number of benzene rings is 1. The molecule has 0 atom stereocenters. The van der Waals surface area contributed by atoms with Gasteiger partial charge >= 0.3 is 6.18 Å². The normalized spacial score (nSPS) is 16.7. The molecule has 1 N–H and O–H groups in total. The Kier molecular flexibility index (Phi) is 3.03. The lowest BCUT2D eigenvalue weighted by Gasteiger charge is -2.22. The van der Waals surface area contributed by atoms with Gasteiger partial charge in [0.25, 0.3) is 0 Å². The fourth-order valence-corrected chi connectivity index (χ4v) is 2.08. The van der Waals surface area contributed by atoms with Gasteiger partial charge in [0, 0.05) is 18.0 Å². The van der Waals surface area contributed by atoms with E-state index in [2.05, 4.69) is 0 Å². The molecule has 0 unspecified atom stereocenters. The summed E-state index contributed by atoms with van der Waals surface area (Å²) in [5, 5.41) is 7.67. The predicted molar refractivity (Wildman–Crippen MR) is 60.8 cm³/mol. The number of nitrogens with zero attached hydrogens (tertiary/aromatic N) is 1. The highest BCUT2D eigenvalue weighted by Gasteiger charge is 2.36. The van der Waals surface area contributed by atoms with Crippen LogP contribution in [-0.2, 0) is 6.18 Å². The van der Waals surface area contributed by atoms with E-state index in [4.69, 9.17) is 17.0 Å². The van der Waals surface area contributed by atoms with Crippen LogP contribution in [-0.4, -0.2) is 12.4 Å². The van der Waals surface area contributed by atoms with Gasteiger partial charge in [-0.1, -0.05) is 11.6 Å². The first-order chi connectivity index (χ1) is 7.89. The number of alkyl halides is 3. The molecule has 0 aliphatic carbocycles. The lowest BCUT2D eigenvalue weighted by atomic mass is 10.1. The molecule has 1 aliphatic heterocycles. The Morgan fingerprint density at radius 2 is 2.00 bits per heavy atom. The summed E-state index contributed by atoms with van der Waals surface area (Å²) in [6, 6.07) is 3.64. The molecule has 0 bridgehead atoms. The molecule has 0 amide bonds. The van der Waals surface area contributed by atoms with Gasteiger partial charge in [0.2, 0.25) is 0 Å². The molecule has 0 radical (unpaired) electrons. The molecule has 1 heterocycles. The van der Waals surface area contributed by atoms with Crippen LogP contribution in [0.4, 0.5) is 18.9 Å². The first kappa shape index (κ1) is 12.2. The molecular formula is C11H10ClF3N2. The van der Waals surface area contributed by atoms with Crippen LogP contribution in [0.25, 0.3) is 0 Å². The lowest BCUT2D eigenvalue weighted by molar-refractivity contribution is -0.137. The van der Waals surface area contributed by atoms with Crippen molar-refractivity contribution in [2.24, 2.45) is 0 Å². The second-order valence-corrected chi connectivity index (χ2v) is 4.30. The van der Waals surface area contributed by atoms with Crippen LogP contribution in [0, 0.1) is 5.41 Å². The lowest BCUT2D eigenvalue weighted by Crippen LogP contribution is -2.26. The van der Waals surface area contributed by atoms with Gasteiger partial charge in [-0.05, 0) is 24.6 Å². The Morgan fingerprint density at radius 1 is 1.29 bits per heavy atom. The van der Waals surface area contributed by atoms with Crippen LogP contribution in [0.2, 0.25) is 5.02 Å². The van der Waals surface area contributed by atoms with Crippen molar-refractivity contribution in [3.63, 3.8) is 0 Å². The number of halogens is 4. The molecule has 2 rings (SSSR count). The van der Waals surface area contributed by atoms with E-state index in [9.17, 15) is 13.2 Å². The van der Waals surface area contributed by atoms with Gasteiger partial charge in [-0.15, -0.1) is 0 Å². The zero-order valence-electron chi connectivity index (χ0n) is 8.81. The monoisotopic (exact) mass is 262 g/mol. The summed E-state index contributed by atoms with van der Waals surface area (Å²) in [5.74, 6) is 0.220. The van der Waals surface area contributed by atoms with E-state index in [1.165, 1.54) is 17.0 Å². The number of amidine groups is 1. The third-order valence-corrected chi connectivity index (χ3v) is 2.91. The average molecular weight is 263 g/mol. The van der Waals surface area contributed by atoms with Gasteiger partial charge in [-0.2, -0.15) is 13.2 Å². The number of nitrogens with one attached hydrogen (secondary N) is 1. The molecular weight excluding hydrogens is 253 g/mol. The van der Waals surface area contributed by atoms with E-state index in [0.717, 1.165) is 6.07 Å². The number of hydrogen-bond donors (Lipinski definition) is 1. The van der Waals surface area contributed by atoms with Crippen molar-refractivity contribution in [2.45, 2.75) is 19.0 Å². The van der Waals surface area contributed by atoms with Crippen LogP contribution in [0.15, 0.2) is 18.2 Å². The van der Waals surface area contributed by atoms with Crippen molar-refractivity contribution in [3.05, 3.63) is 28.8 Å². The van der Waals surface area contributed by atoms with Gasteiger partial charge in [0.05, 0.1) is 11.3 Å². The van der Waals surface area contributed by atoms with Crippen molar-refractivity contribution in [1.29, 1.82) is 5.41 Å². The number of hydrogen-bond acceptors (Lipinski definition) is 1. The Morgan fingerprint density at radius 3 is 2.53 bits per heavy atom. The Balaban J connectivity index is 2.50. The Labute approximate surface area is 101 Å². The van der Waals surface area contributed by atoms with E-state index in [1.807, 2.05) is 0 Å². The maximum Gasteiger partial charge on any atom is 0.418 e. The summed E-state index contributed by atoms with van der Waals surface area (Å²) in [6.45, 7) is 0.448. The van der Waals surface area contributed by atoms with Crippen molar-refractivity contribution >= 4 is 23.1 Å². The van der Waals surface area contributed by atoms with Crippen LogP contribution in [0.1, 0.15) is 18.4 Å². The summed E-state index contributed by atoms with van der Waals surface area (Å²) >= 11 is 5.59. The number of anilines is 1. The minimum Gasteiger partial charge on any atom is -0.330 e. The molecule has 1 aromatic carbocycles. The molecule has 0 aromatic heterocycles. The fourth-order valence-electron chi connectivity index (χ4n) is 1.91. The first-order valence-corrected chi connectivity index (χ1v) is 5.49. The summed E-state index contributed by atoms with van der Waals surface area (Å²) in [5.41, 5.74) is -0.763. The van der Waals surface area contributed by atoms with Crippen molar-refractivity contribution in [1.82, 2.24) is 0 Å². The van der Waals surface area contributed by atoms with Gasteiger partial charge < -0.3 is 4.90 Å². The van der Waals surface area contributed by atoms with Gasteiger partial charge in [-0.3, -0.25) is 5.41 Å². The van der Waals surface area contributed by atoms with Crippen LogP contribution < -0.4 is 4.90 Å². The molecule has 2 nitrogen and oxygen atoms in total. The Hall–Kier alpha value is -1.23. The van der Waals surface area contributed by atoms with Crippen LogP contribution in [0.5, 0.6) is 0 Å². The van der Waals surface area contributed by atoms with Crippen LogP contribution in [0.3, 0.4) is 0 Å². The van der Waals surface area contributed by atoms with Crippen molar-refractivity contribution in [3.8, 4) is 0 Å². The van der Waals surface area contributed by atoms with E-state index >= 15 is 0 Å². The van der Waals surface area contributed by atoms with E-state index in [0.29, 0.717) is 19.4 Å². The molecule has 0 spiro atoms. The zero-order chi connectivity index (χ0) is 12.6. The standard InChI is InChI=1S/C11H10ClF3N2/c12-7-3-4-9(8(6-7)11(13,14)15)17-5-1-2-10(17)16/h3-4,6,16H,1-2,5H2. The highest BCUT2D eigenvalue weighted by molar-refractivity contribution is 6.30. The molecule has 1 aliphatic rings. The quantitative estimate of drug-likeness (QED) is 0.815. The highest BCUT2D eigenvalue weighted by atomic mass is 35.5. The minimum absolute atomic E-state index is 0.0180. The smallest absolute Gasteiger partial charge is 0.330 e. The molecule has 1 aromatic rings. The first-order valence-electron chi connectivity index (χ1n) is 5.11. The second kappa shape index (κ2) is 4.22. The largest absolute Gasteiger partial charge is 0.418 e. The van der Waals surface area contributed by atoms with Gasteiger partial charge in [0.15, 0.2) is 0 Å². The topological polar surface area (TPSA) is 27.1 Å². The molecule has 0 saturated carbocycles. The van der Waals surface area contributed by atoms with Crippen LogP contribution >= 0.6 is 11.6 Å². The summed E-state index contributed by atoms with van der Waals surface area (Å²) in [6.07, 6.45) is -3.23. The molecule has 6 heteroatoms. The van der Waals surface area contributed by atoms with Gasteiger partial charge in [0.1, 0.15) is 5.84 Å². The van der Waals surface area contributed by atoms with E-state index in [-0.39, 0.29) is 16.5 Å². The molecule has 1 fully saturated rings. The fraction of sp³-hybridized carbons (Fsp3) is 0.364. The SMILES string of the molecule is N=C1CCCN1c1ccc(Cl)cc1C(F)(F)F. The predicted octanol–water partition coefficient (Wildman–Crippen LogP) is 3.94. The third kappa shape index (κ3) is 2.39. The maximum absolute atomic E-state index is 12.9.